The van der Waals surface area contributed by atoms with Crippen LogP contribution < -0.4 is 5.56 Å². The van der Waals surface area contributed by atoms with E-state index < -0.39 is 11.5 Å². The summed E-state index contributed by atoms with van der Waals surface area (Å²) in [6.45, 7) is 4.17. The Balaban J connectivity index is 1.79. The highest BCUT2D eigenvalue weighted by Crippen LogP contribution is 2.20. The minimum atomic E-state index is -0.489. The van der Waals surface area contributed by atoms with Crippen molar-refractivity contribution in [2.24, 2.45) is 0 Å². The number of rotatable bonds is 4. The smallest absolute Gasteiger partial charge is 0.261 e. The molecule has 0 unspecified atom stereocenters. The maximum atomic E-state index is 12.9. The topological polar surface area (TPSA) is 79.5 Å². The van der Waals surface area contributed by atoms with Gasteiger partial charge in [0.15, 0.2) is 5.78 Å². The van der Waals surface area contributed by atoms with Crippen LogP contribution in [0.5, 0.6) is 0 Å². The molecule has 0 aliphatic carbocycles. The molecule has 6 nitrogen and oxygen atoms in total. The van der Waals surface area contributed by atoms with Crippen molar-refractivity contribution < 1.29 is 14.3 Å². The third-order valence-electron chi connectivity index (χ3n) is 4.68. The molecule has 1 aromatic carbocycles. The second kappa shape index (κ2) is 8.06. The number of Topliss-reactive ketones (excluding diaryl/α,β-unsaturated/α-hetero) is 1. The molecule has 1 aliphatic rings. The lowest BCUT2D eigenvalue weighted by Gasteiger charge is -2.33. The van der Waals surface area contributed by atoms with E-state index in [1.54, 1.807) is 11.8 Å². The molecule has 1 N–H and O–H groups in total. The molecular weight excluding hydrogens is 368 g/mol. The van der Waals surface area contributed by atoms with Gasteiger partial charge in [0.25, 0.3) is 11.5 Å². The van der Waals surface area contributed by atoms with Crippen LogP contribution in [-0.4, -0.2) is 47.4 Å². The lowest BCUT2D eigenvalue weighted by molar-refractivity contribution is -0.0208. The lowest BCUT2D eigenvalue weighted by atomic mass is 10.0. The highest BCUT2D eigenvalue weighted by Gasteiger charge is 2.27. The number of aromatic nitrogens is 1. The van der Waals surface area contributed by atoms with Gasteiger partial charge in [-0.3, -0.25) is 14.4 Å². The lowest BCUT2D eigenvalue weighted by Crippen LogP contribution is -2.47. The Morgan fingerprint density at radius 1 is 1.30 bits per heavy atom. The first-order chi connectivity index (χ1) is 12.9. The van der Waals surface area contributed by atoms with E-state index in [-0.39, 0.29) is 17.5 Å². The quantitative estimate of drug-likeness (QED) is 0.816. The molecule has 1 saturated heterocycles. The van der Waals surface area contributed by atoms with Crippen LogP contribution in [0.4, 0.5) is 0 Å². The SMILES string of the molecule is CC(=O)c1cc(C(=O)N2CCO[C@H](Cc3ccccc3Cl)C2)c(=O)[nH]c1C. The second-order valence-electron chi connectivity index (χ2n) is 6.65. The van der Waals surface area contributed by atoms with Crippen molar-refractivity contribution in [1.29, 1.82) is 0 Å². The molecule has 7 heteroatoms. The average Bonchev–Trinajstić information content (AvgIpc) is 2.63. The van der Waals surface area contributed by atoms with Gasteiger partial charge in [0.05, 0.1) is 12.7 Å². The number of pyridine rings is 1. The van der Waals surface area contributed by atoms with Crippen LogP contribution in [0.3, 0.4) is 0 Å². The molecule has 0 radical (unpaired) electrons. The van der Waals surface area contributed by atoms with Crippen molar-refractivity contribution in [3.63, 3.8) is 0 Å². The van der Waals surface area contributed by atoms with Crippen molar-refractivity contribution in [3.05, 3.63) is 68.1 Å². The highest BCUT2D eigenvalue weighted by atomic mass is 35.5. The zero-order chi connectivity index (χ0) is 19.6. The van der Waals surface area contributed by atoms with Crippen LogP contribution in [0.15, 0.2) is 35.1 Å². The highest BCUT2D eigenvalue weighted by molar-refractivity contribution is 6.31. The Morgan fingerprint density at radius 3 is 2.74 bits per heavy atom. The summed E-state index contributed by atoms with van der Waals surface area (Å²) >= 11 is 6.21. The number of amides is 1. The zero-order valence-electron chi connectivity index (χ0n) is 15.3. The number of aryl methyl sites for hydroxylation is 1. The minimum Gasteiger partial charge on any atom is -0.374 e. The monoisotopic (exact) mass is 388 g/mol. The number of carbonyl (C=O) groups excluding carboxylic acids is 2. The minimum absolute atomic E-state index is 0.0239. The number of ketones is 1. The summed E-state index contributed by atoms with van der Waals surface area (Å²) in [6.07, 6.45) is 0.367. The summed E-state index contributed by atoms with van der Waals surface area (Å²) in [5.41, 5.74) is 1.24. The largest absolute Gasteiger partial charge is 0.374 e. The fourth-order valence-electron chi connectivity index (χ4n) is 3.25. The number of nitrogens with one attached hydrogen (secondary N) is 1. The Kier molecular flexibility index (Phi) is 5.77. The van der Waals surface area contributed by atoms with E-state index >= 15 is 0 Å². The Bertz CT molecular complexity index is 938. The fourth-order valence-corrected chi connectivity index (χ4v) is 3.47. The summed E-state index contributed by atoms with van der Waals surface area (Å²) < 4.78 is 5.77. The number of H-pyrrole nitrogens is 1. The van der Waals surface area contributed by atoms with Crippen LogP contribution in [-0.2, 0) is 11.2 Å². The summed E-state index contributed by atoms with van der Waals surface area (Å²) in [7, 11) is 0. The molecule has 0 spiro atoms. The Morgan fingerprint density at radius 2 is 2.04 bits per heavy atom. The molecule has 1 aliphatic heterocycles. The van der Waals surface area contributed by atoms with Gasteiger partial charge in [0, 0.05) is 35.8 Å². The maximum Gasteiger partial charge on any atom is 0.261 e. The van der Waals surface area contributed by atoms with Crippen LogP contribution in [0, 0.1) is 6.92 Å². The number of hydrogen-bond acceptors (Lipinski definition) is 4. The molecule has 1 aromatic heterocycles. The van der Waals surface area contributed by atoms with Gasteiger partial charge in [0.1, 0.15) is 5.56 Å². The normalized spacial score (nSPS) is 17.0. The van der Waals surface area contributed by atoms with Crippen LogP contribution >= 0.6 is 11.6 Å². The van der Waals surface area contributed by atoms with Crippen LogP contribution in [0.25, 0.3) is 0 Å². The molecule has 27 heavy (non-hydrogen) atoms. The molecule has 2 aromatic rings. The zero-order valence-corrected chi connectivity index (χ0v) is 16.0. The first kappa shape index (κ1) is 19.3. The predicted octanol–water partition coefficient (Wildman–Crippen LogP) is 2.62. The number of benzene rings is 1. The van der Waals surface area contributed by atoms with Gasteiger partial charge in [-0.2, -0.15) is 0 Å². The number of aromatic amines is 1. The molecule has 3 rings (SSSR count). The number of halogens is 1. The first-order valence-electron chi connectivity index (χ1n) is 8.76. The van der Waals surface area contributed by atoms with E-state index in [2.05, 4.69) is 4.98 Å². The molecule has 0 saturated carbocycles. The first-order valence-corrected chi connectivity index (χ1v) is 9.13. The van der Waals surface area contributed by atoms with E-state index in [1.165, 1.54) is 13.0 Å². The third kappa shape index (κ3) is 4.28. The Labute approximate surface area is 162 Å². The predicted molar refractivity (Wildman–Crippen MR) is 103 cm³/mol. The van der Waals surface area contributed by atoms with Gasteiger partial charge in [-0.05, 0) is 31.5 Å². The molecule has 1 amide bonds. The molecule has 0 bridgehead atoms. The van der Waals surface area contributed by atoms with E-state index in [1.807, 2.05) is 24.3 Å². The van der Waals surface area contributed by atoms with Crippen molar-refractivity contribution in [2.75, 3.05) is 19.7 Å². The number of hydrogen-bond donors (Lipinski definition) is 1. The fraction of sp³-hybridized carbons (Fsp3) is 0.350. The number of nitrogens with zero attached hydrogens (tertiary/aromatic N) is 1. The van der Waals surface area contributed by atoms with Gasteiger partial charge in [-0.25, -0.2) is 0 Å². The molecule has 142 valence electrons. The van der Waals surface area contributed by atoms with Crippen molar-refractivity contribution in [3.8, 4) is 0 Å². The summed E-state index contributed by atoms with van der Waals surface area (Å²) in [4.78, 5) is 41.1. The third-order valence-corrected chi connectivity index (χ3v) is 5.05. The average molecular weight is 389 g/mol. The van der Waals surface area contributed by atoms with Gasteiger partial charge in [-0.1, -0.05) is 29.8 Å². The van der Waals surface area contributed by atoms with Crippen molar-refractivity contribution in [2.45, 2.75) is 26.4 Å². The van der Waals surface area contributed by atoms with Crippen LogP contribution in [0.2, 0.25) is 5.02 Å². The van der Waals surface area contributed by atoms with Gasteiger partial charge < -0.3 is 14.6 Å². The maximum absolute atomic E-state index is 12.9. The van der Waals surface area contributed by atoms with E-state index in [4.69, 9.17) is 16.3 Å². The Hall–Kier alpha value is -2.44. The molecule has 1 fully saturated rings. The van der Waals surface area contributed by atoms with Crippen molar-refractivity contribution >= 4 is 23.3 Å². The molecule has 1 atom stereocenters. The van der Waals surface area contributed by atoms with Crippen LogP contribution in [0.1, 0.15) is 38.9 Å². The van der Waals surface area contributed by atoms with E-state index in [0.717, 1.165) is 5.56 Å². The van der Waals surface area contributed by atoms with Gasteiger partial charge >= 0.3 is 0 Å². The molecule has 2 heterocycles. The van der Waals surface area contributed by atoms with Gasteiger partial charge in [0.2, 0.25) is 0 Å². The number of carbonyl (C=O) groups is 2. The summed E-state index contributed by atoms with van der Waals surface area (Å²) in [5.74, 6) is -0.595. The second-order valence-corrected chi connectivity index (χ2v) is 7.05. The number of ether oxygens (including phenoxy) is 1. The summed E-state index contributed by atoms with van der Waals surface area (Å²) in [6, 6.07) is 8.90. The van der Waals surface area contributed by atoms with E-state index in [0.29, 0.717) is 42.4 Å². The van der Waals surface area contributed by atoms with E-state index in [9.17, 15) is 14.4 Å². The molecular formula is C20H21ClN2O4. The van der Waals surface area contributed by atoms with Crippen molar-refractivity contribution in [1.82, 2.24) is 9.88 Å². The number of morpholine rings is 1. The van der Waals surface area contributed by atoms with Gasteiger partial charge in [-0.15, -0.1) is 0 Å². The summed E-state index contributed by atoms with van der Waals surface area (Å²) in [5, 5.41) is 0.658. The standard InChI is InChI=1S/C20H21ClN2O4/c1-12-16(13(2)24)10-17(19(25)22-12)20(26)23-7-8-27-15(11-23)9-14-5-3-4-6-18(14)21/h3-6,10,15H,7-9,11H2,1-2H3,(H,22,25)/t15-/m1/s1.